The number of allylic oxidation sites excluding steroid dienone is 1. The summed E-state index contributed by atoms with van der Waals surface area (Å²) in [4.78, 5) is 0. The van der Waals surface area contributed by atoms with E-state index in [-0.39, 0.29) is 0 Å². The molecule has 0 aromatic heterocycles. The van der Waals surface area contributed by atoms with Crippen molar-refractivity contribution >= 4 is 8.32 Å². The summed E-state index contributed by atoms with van der Waals surface area (Å²) >= 11 is 0. The fourth-order valence-corrected chi connectivity index (χ4v) is 10.5. The Morgan fingerprint density at radius 2 is 1.50 bits per heavy atom. The van der Waals surface area contributed by atoms with Crippen molar-refractivity contribution < 1.29 is 4.43 Å². The predicted molar refractivity (Wildman–Crippen MR) is 106 cm³/mol. The summed E-state index contributed by atoms with van der Waals surface area (Å²) in [7, 11) is -1.83. The van der Waals surface area contributed by atoms with E-state index in [1.807, 2.05) is 0 Å². The van der Waals surface area contributed by atoms with E-state index in [4.69, 9.17) is 4.43 Å². The number of nitriles is 1. The van der Waals surface area contributed by atoms with E-state index in [0.29, 0.717) is 28.5 Å². The van der Waals surface area contributed by atoms with Gasteiger partial charge in [0.15, 0.2) is 8.32 Å². The number of hydrogen-bond acceptors (Lipinski definition) is 2. The molecule has 1 atom stereocenters. The highest BCUT2D eigenvalue weighted by Crippen LogP contribution is 2.43. The summed E-state index contributed by atoms with van der Waals surface area (Å²) in [5.74, 6) is 1.07. The van der Waals surface area contributed by atoms with E-state index in [2.05, 4.69) is 61.5 Å². The molecule has 0 radical (unpaired) electrons. The van der Waals surface area contributed by atoms with Crippen molar-refractivity contribution in [3.05, 3.63) is 11.1 Å². The SMILES string of the molecule is CC(C)C[C@@H](CO[Si](C(C)C)(C(C)C)C(C)C)C1=C(C#N)CCC1. The van der Waals surface area contributed by atoms with Crippen LogP contribution in [0, 0.1) is 23.2 Å². The fraction of sp³-hybridized carbons (Fsp3) is 0.857. The van der Waals surface area contributed by atoms with Gasteiger partial charge in [0, 0.05) is 18.1 Å². The van der Waals surface area contributed by atoms with Gasteiger partial charge in [-0.2, -0.15) is 5.26 Å². The van der Waals surface area contributed by atoms with Crippen LogP contribution in [0.4, 0.5) is 0 Å². The quantitative estimate of drug-likeness (QED) is 0.427. The van der Waals surface area contributed by atoms with Crippen molar-refractivity contribution in [1.82, 2.24) is 0 Å². The summed E-state index contributed by atoms with van der Waals surface area (Å²) in [6.45, 7) is 19.5. The lowest BCUT2D eigenvalue weighted by Gasteiger charge is -2.43. The number of nitrogens with zero attached hydrogens (tertiary/aromatic N) is 1. The van der Waals surface area contributed by atoms with Crippen molar-refractivity contribution in [2.24, 2.45) is 11.8 Å². The smallest absolute Gasteiger partial charge is 0.200 e. The topological polar surface area (TPSA) is 33.0 Å². The van der Waals surface area contributed by atoms with E-state index in [0.717, 1.165) is 37.9 Å². The molecule has 0 fully saturated rings. The Bertz CT molecular complexity index is 449. The first-order valence-corrected chi connectivity index (χ1v) is 12.1. The number of rotatable bonds is 9. The first-order chi connectivity index (χ1) is 11.2. The van der Waals surface area contributed by atoms with Crippen molar-refractivity contribution in [2.75, 3.05) is 6.61 Å². The highest BCUT2D eigenvalue weighted by Gasteiger charge is 2.45. The Hall–Kier alpha value is -0.593. The summed E-state index contributed by atoms with van der Waals surface area (Å²) < 4.78 is 6.88. The van der Waals surface area contributed by atoms with Crippen LogP contribution < -0.4 is 0 Å². The third-order valence-corrected chi connectivity index (χ3v) is 12.0. The molecule has 0 amide bonds. The molecular weight excluding hydrogens is 310 g/mol. The van der Waals surface area contributed by atoms with Crippen molar-refractivity contribution in [2.45, 2.75) is 97.7 Å². The normalized spacial score (nSPS) is 17.5. The maximum absolute atomic E-state index is 9.47. The first-order valence-electron chi connectivity index (χ1n) is 9.92. The van der Waals surface area contributed by atoms with Gasteiger partial charge in [0.2, 0.25) is 0 Å². The van der Waals surface area contributed by atoms with E-state index in [1.165, 1.54) is 5.57 Å². The maximum Gasteiger partial charge on any atom is 0.200 e. The van der Waals surface area contributed by atoms with Crippen LogP contribution >= 0.6 is 0 Å². The van der Waals surface area contributed by atoms with E-state index >= 15 is 0 Å². The van der Waals surface area contributed by atoms with E-state index in [1.54, 1.807) is 0 Å². The lowest BCUT2D eigenvalue weighted by Crippen LogP contribution is -2.48. The summed E-state index contributed by atoms with van der Waals surface area (Å²) in [5, 5.41) is 9.47. The largest absolute Gasteiger partial charge is 0.415 e. The van der Waals surface area contributed by atoms with Gasteiger partial charge >= 0.3 is 0 Å². The van der Waals surface area contributed by atoms with Crippen LogP contribution in [-0.4, -0.2) is 14.9 Å². The van der Waals surface area contributed by atoms with Crippen molar-refractivity contribution in [3.8, 4) is 6.07 Å². The Kier molecular flexibility index (Phi) is 8.22. The molecule has 0 saturated heterocycles. The van der Waals surface area contributed by atoms with Gasteiger partial charge in [-0.15, -0.1) is 0 Å². The maximum atomic E-state index is 9.47. The van der Waals surface area contributed by atoms with Gasteiger partial charge in [0.1, 0.15) is 0 Å². The predicted octanol–water partition coefficient (Wildman–Crippen LogP) is 6.84. The molecule has 2 nitrogen and oxygen atoms in total. The second kappa shape index (κ2) is 9.20. The second-order valence-electron chi connectivity index (χ2n) is 8.92. The average Bonchev–Trinajstić information content (AvgIpc) is 2.93. The third-order valence-electron chi connectivity index (χ3n) is 5.89. The lowest BCUT2D eigenvalue weighted by molar-refractivity contribution is 0.219. The zero-order valence-corrected chi connectivity index (χ0v) is 18.3. The van der Waals surface area contributed by atoms with Gasteiger partial charge in [-0.3, -0.25) is 0 Å². The molecule has 0 aromatic carbocycles. The minimum Gasteiger partial charge on any atom is -0.415 e. The van der Waals surface area contributed by atoms with Gasteiger partial charge < -0.3 is 4.43 Å². The minimum absolute atomic E-state index is 0.435. The van der Waals surface area contributed by atoms with Crippen LogP contribution in [-0.2, 0) is 4.43 Å². The summed E-state index contributed by atoms with van der Waals surface area (Å²) in [6.07, 6.45) is 4.36. The van der Waals surface area contributed by atoms with E-state index < -0.39 is 8.32 Å². The molecule has 0 bridgehead atoms. The Labute approximate surface area is 151 Å². The fourth-order valence-electron chi connectivity index (χ4n) is 4.97. The Morgan fingerprint density at radius 3 is 1.92 bits per heavy atom. The zero-order valence-electron chi connectivity index (χ0n) is 17.3. The molecule has 0 heterocycles. The van der Waals surface area contributed by atoms with Gasteiger partial charge in [-0.1, -0.05) is 61.0 Å². The van der Waals surface area contributed by atoms with E-state index in [9.17, 15) is 5.26 Å². The lowest BCUT2D eigenvalue weighted by atomic mass is 9.89. The van der Waals surface area contributed by atoms with Crippen LogP contribution in [0.2, 0.25) is 16.6 Å². The molecule has 3 heteroatoms. The molecule has 1 rings (SSSR count). The second-order valence-corrected chi connectivity index (χ2v) is 14.4. The molecule has 0 aromatic rings. The van der Waals surface area contributed by atoms with Crippen LogP contribution in [0.1, 0.15) is 81.1 Å². The van der Waals surface area contributed by atoms with Gasteiger partial charge in [0.05, 0.1) is 6.07 Å². The Morgan fingerprint density at radius 1 is 0.958 bits per heavy atom. The van der Waals surface area contributed by atoms with Crippen LogP contribution in [0.3, 0.4) is 0 Å². The average molecular weight is 350 g/mol. The first kappa shape index (κ1) is 21.4. The molecule has 1 aliphatic carbocycles. The molecule has 0 aliphatic heterocycles. The zero-order chi connectivity index (χ0) is 18.5. The third kappa shape index (κ3) is 4.73. The van der Waals surface area contributed by atoms with Gasteiger partial charge in [-0.05, 0) is 48.2 Å². The molecule has 24 heavy (non-hydrogen) atoms. The molecular formula is C21H39NOSi. The standard InChI is InChI=1S/C21H39NOSi/c1-15(2)12-20(21-11-9-10-19(21)13-22)14-23-24(16(3)4,17(5)6)18(7)8/h15-18,20H,9-12,14H2,1-8H3/t20-/m0/s1. The highest BCUT2D eigenvalue weighted by molar-refractivity contribution is 6.77. The molecule has 138 valence electrons. The van der Waals surface area contributed by atoms with Crippen molar-refractivity contribution in [1.29, 1.82) is 5.26 Å². The highest BCUT2D eigenvalue weighted by atomic mass is 28.4. The van der Waals surface area contributed by atoms with Gasteiger partial charge in [-0.25, -0.2) is 0 Å². The van der Waals surface area contributed by atoms with Crippen LogP contribution in [0.15, 0.2) is 11.1 Å². The monoisotopic (exact) mass is 349 g/mol. The molecule has 0 N–H and O–H groups in total. The van der Waals surface area contributed by atoms with Crippen molar-refractivity contribution in [3.63, 3.8) is 0 Å². The van der Waals surface area contributed by atoms with Crippen LogP contribution in [0.25, 0.3) is 0 Å². The van der Waals surface area contributed by atoms with Gasteiger partial charge in [0.25, 0.3) is 0 Å². The Balaban J connectivity index is 3.04. The molecule has 0 saturated carbocycles. The minimum atomic E-state index is -1.83. The molecule has 0 spiro atoms. The molecule has 0 unspecified atom stereocenters. The summed E-state index contributed by atoms with van der Waals surface area (Å²) in [5.41, 5.74) is 4.31. The molecule has 1 aliphatic rings. The summed E-state index contributed by atoms with van der Waals surface area (Å²) in [6, 6.07) is 2.47. The van der Waals surface area contributed by atoms with Crippen LogP contribution in [0.5, 0.6) is 0 Å². The number of hydrogen-bond donors (Lipinski definition) is 0.